The van der Waals surface area contributed by atoms with E-state index in [1.54, 1.807) is 0 Å². The van der Waals surface area contributed by atoms with Crippen LogP contribution in [0, 0.1) is 0 Å². The van der Waals surface area contributed by atoms with Crippen molar-refractivity contribution < 1.29 is 14.9 Å². The van der Waals surface area contributed by atoms with Gasteiger partial charge in [-0.2, -0.15) is 0 Å². The number of rotatable bonds is 2. The molecule has 0 amide bonds. The van der Waals surface area contributed by atoms with Gasteiger partial charge in [-0.1, -0.05) is 0 Å². The van der Waals surface area contributed by atoms with Gasteiger partial charge in [0.05, 0.1) is 0 Å². The van der Waals surface area contributed by atoms with Crippen LogP contribution >= 0.6 is 0 Å². The second-order valence-electron chi connectivity index (χ2n) is 4.45. The first-order chi connectivity index (χ1) is 7.59. The summed E-state index contributed by atoms with van der Waals surface area (Å²) in [5.41, 5.74) is -0.267. The Morgan fingerprint density at radius 1 is 1.25 bits per heavy atom. The molecule has 88 valence electrons. The van der Waals surface area contributed by atoms with E-state index in [2.05, 4.69) is 5.32 Å². The highest BCUT2D eigenvalue weighted by molar-refractivity contribution is 5.44. The van der Waals surface area contributed by atoms with Gasteiger partial charge in [0.1, 0.15) is 11.4 Å². The lowest BCUT2D eigenvalue weighted by Crippen LogP contribution is -2.43. The van der Waals surface area contributed by atoms with Gasteiger partial charge in [-0.15, -0.1) is 0 Å². The molecule has 0 aromatic heterocycles. The van der Waals surface area contributed by atoms with Crippen LogP contribution in [0.1, 0.15) is 19.8 Å². The van der Waals surface area contributed by atoms with Crippen molar-refractivity contribution in [3.63, 3.8) is 0 Å². The SMILES string of the molecule is CC1(Oc2cc(O)ccc2O)CCNCC1. The first-order valence-corrected chi connectivity index (χ1v) is 5.51. The van der Waals surface area contributed by atoms with Gasteiger partial charge in [0.15, 0.2) is 11.5 Å². The summed E-state index contributed by atoms with van der Waals surface area (Å²) in [4.78, 5) is 0. The quantitative estimate of drug-likeness (QED) is 0.667. The van der Waals surface area contributed by atoms with Crippen molar-refractivity contribution in [3.05, 3.63) is 18.2 Å². The van der Waals surface area contributed by atoms with Crippen LogP contribution in [0.4, 0.5) is 0 Å². The zero-order valence-corrected chi connectivity index (χ0v) is 9.36. The molecule has 3 N–H and O–H groups in total. The lowest BCUT2D eigenvalue weighted by molar-refractivity contribution is 0.0525. The minimum absolute atomic E-state index is 0.0672. The first kappa shape index (κ1) is 11.1. The summed E-state index contributed by atoms with van der Waals surface area (Å²) in [5, 5.41) is 22.2. The second kappa shape index (κ2) is 4.22. The molecule has 0 aliphatic carbocycles. The summed E-state index contributed by atoms with van der Waals surface area (Å²) in [6.45, 7) is 3.85. The molecule has 0 radical (unpaired) electrons. The van der Waals surface area contributed by atoms with Crippen LogP contribution in [0.5, 0.6) is 17.2 Å². The van der Waals surface area contributed by atoms with E-state index in [0.29, 0.717) is 5.75 Å². The number of aromatic hydroxyl groups is 2. The summed E-state index contributed by atoms with van der Waals surface area (Å²) < 4.78 is 5.80. The molecule has 1 aromatic carbocycles. The van der Waals surface area contributed by atoms with E-state index in [1.165, 1.54) is 18.2 Å². The highest BCUT2D eigenvalue weighted by Crippen LogP contribution is 2.34. The summed E-state index contributed by atoms with van der Waals surface area (Å²) in [5.74, 6) is 0.521. The molecule has 0 bridgehead atoms. The smallest absolute Gasteiger partial charge is 0.165 e. The predicted molar refractivity (Wildman–Crippen MR) is 60.9 cm³/mol. The Kier molecular flexibility index (Phi) is 2.92. The fourth-order valence-corrected chi connectivity index (χ4v) is 1.91. The van der Waals surface area contributed by atoms with Crippen LogP contribution in [0.2, 0.25) is 0 Å². The largest absolute Gasteiger partial charge is 0.508 e. The van der Waals surface area contributed by atoms with E-state index in [1.807, 2.05) is 6.92 Å². The number of nitrogens with one attached hydrogen (secondary N) is 1. The number of phenolic OH excluding ortho intramolecular Hbond substituents is 2. The Balaban J connectivity index is 2.15. The van der Waals surface area contributed by atoms with E-state index in [-0.39, 0.29) is 17.1 Å². The average Bonchev–Trinajstić information content (AvgIpc) is 2.24. The number of benzene rings is 1. The molecule has 0 spiro atoms. The van der Waals surface area contributed by atoms with Crippen LogP contribution in [0.15, 0.2) is 18.2 Å². The first-order valence-electron chi connectivity index (χ1n) is 5.51. The van der Waals surface area contributed by atoms with Gasteiger partial charge < -0.3 is 20.3 Å². The number of ether oxygens (including phenoxy) is 1. The maximum absolute atomic E-state index is 9.63. The zero-order chi connectivity index (χ0) is 11.6. The van der Waals surface area contributed by atoms with Crippen LogP contribution < -0.4 is 10.1 Å². The Morgan fingerprint density at radius 2 is 1.94 bits per heavy atom. The van der Waals surface area contributed by atoms with Gasteiger partial charge in [-0.25, -0.2) is 0 Å². The third-order valence-electron chi connectivity index (χ3n) is 2.96. The molecule has 1 fully saturated rings. The maximum atomic E-state index is 9.63. The van der Waals surface area contributed by atoms with Gasteiger partial charge in [0, 0.05) is 6.07 Å². The number of hydrogen-bond acceptors (Lipinski definition) is 4. The minimum atomic E-state index is -0.267. The second-order valence-corrected chi connectivity index (χ2v) is 4.45. The fraction of sp³-hybridized carbons (Fsp3) is 0.500. The van der Waals surface area contributed by atoms with E-state index in [9.17, 15) is 10.2 Å². The normalized spacial score (nSPS) is 19.3. The highest BCUT2D eigenvalue weighted by atomic mass is 16.5. The maximum Gasteiger partial charge on any atom is 0.165 e. The van der Waals surface area contributed by atoms with E-state index < -0.39 is 0 Å². The van der Waals surface area contributed by atoms with Crippen LogP contribution in [-0.4, -0.2) is 28.9 Å². The molecule has 4 nitrogen and oxygen atoms in total. The lowest BCUT2D eigenvalue weighted by atomic mass is 9.94. The number of phenols is 2. The highest BCUT2D eigenvalue weighted by Gasteiger charge is 2.29. The monoisotopic (exact) mass is 223 g/mol. The van der Waals surface area contributed by atoms with Crippen molar-refractivity contribution in [2.45, 2.75) is 25.4 Å². The Hall–Kier alpha value is -1.42. The molecule has 1 aliphatic heterocycles. The van der Waals surface area contributed by atoms with Gasteiger partial charge in [0.25, 0.3) is 0 Å². The van der Waals surface area contributed by atoms with Gasteiger partial charge >= 0.3 is 0 Å². The van der Waals surface area contributed by atoms with Gasteiger partial charge in [-0.3, -0.25) is 0 Å². The molecule has 4 heteroatoms. The Morgan fingerprint density at radius 3 is 2.62 bits per heavy atom. The molecule has 0 unspecified atom stereocenters. The third kappa shape index (κ3) is 2.39. The number of hydrogen-bond donors (Lipinski definition) is 3. The van der Waals surface area contributed by atoms with Crippen molar-refractivity contribution in [2.75, 3.05) is 13.1 Å². The standard InChI is InChI=1S/C12H17NO3/c1-12(4-6-13-7-5-12)16-11-8-9(14)2-3-10(11)15/h2-3,8,13-15H,4-7H2,1H3. The van der Waals surface area contributed by atoms with E-state index in [4.69, 9.17) is 4.74 Å². The van der Waals surface area contributed by atoms with Crippen LogP contribution in [0.3, 0.4) is 0 Å². The number of piperidine rings is 1. The van der Waals surface area contributed by atoms with E-state index in [0.717, 1.165) is 25.9 Å². The minimum Gasteiger partial charge on any atom is -0.508 e. The van der Waals surface area contributed by atoms with Crippen molar-refractivity contribution in [2.24, 2.45) is 0 Å². The van der Waals surface area contributed by atoms with Crippen molar-refractivity contribution in [1.82, 2.24) is 5.32 Å². The molecule has 1 aliphatic rings. The third-order valence-corrected chi connectivity index (χ3v) is 2.96. The molecule has 0 atom stereocenters. The van der Waals surface area contributed by atoms with Crippen molar-refractivity contribution in [3.8, 4) is 17.2 Å². The topological polar surface area (TPSA) is 61.7 Å². The molecule has 1 aromatic rings. The molecule has 0 saturated carbocycles. The summed E-state index contributed by atoms with van der Waals surface area (Å²) in [7, 11) is 0. The Bertz CT molecular complexity index is 373. The van der Waals surface area contributed by atoms with Gasteiger partial charge in [-0.05, 0) is 45.0 Å². The summed E-state index contributed by atoms with van der Waals surface area (Å²) in [6, 6.07) is 4.32. The molecule has 2 rings (SSSR count). The predicted octanol–water partition coefficient (Wildman–Crippen LogP) is 1.62. The fourth-order valence-electron chi connectivity index (χ4n) is 1.91. The van der Waals surface area contributed by atoms with Crippen molar-refractivity contribution >= 4 is 0 Å². The Labute approximate surface area is 94.9 Å². The van der Waals surface area contributed by atoms with Crippen molar-refractivity contribution in [1.29, 1.82) is 0 Å². The summed E-state index contributed by atoms with van der Waals surface area (Å²) in [6.07, 6.45) is 1.78. The molecule has 16 heavy (non-hydrogen) atoms. The lowest BCUT2D eigenvalue weighted by Gasteiger charge is -2.34. The molecular weight excluding hydrogens is 206 g/mol. The molecule has 1 heterocycles. The molecular formula is C12H17NO3. The van der Waals surface area contributed by atoms with Gasteiger partial charge in [0.2, 0.25) is 0 Å². The summed E-state index contributed by atoms with van der Waals surface area (Å²) >= 11 is 0. The van der Waals surface area contributed by atoms with Crippen LogP contribution in [-0.2, 0) is 0 Å². The van der Waals surface area contributed by atoms with Crippen LogP contribution in [0.25, 0.3) is 0 Å². The molecule has 1 saturated heterocycles. The average molecular weight is 223 g/mol. The zero-order valence-electron chi connectivity index (χ0n) is 9.36. The van der Waals surface area contributed by atoms with E-state index >= 15 is 0 Å².